The van der Waals surface area contributed by atoms with E-state index in [0.717, 1.165) is 5.56 Å². The van der Waals surface area contributed by atoms with E-state index in [4.69, 9.17) is 0 Å². The number of likely N-dealkylation sites (tertiary alicyclic amines) is 2. The summed E-state index contributed by atoms with van der Waals surface area (Å²) in [5.74, 6) is -1.02. The Labute approximate surface area is 145 Å². The second kappa shape index (κ2) is 6.10. The lowest BCUT2D eigenvalue weighted by atomic mass is 9.85. The van der Waals surface area contributed by atoms with Crippen LogP contribution in [0.2, 0.25) is 0 Å². The van der Waals surface area contributed by atoms with Gasteiger partial charge in [-0.2, -0.15) is 0 Å². The van der Waals surface area contributed by atoms with Crippen LogP contribution in [-0.2, 0) is 20.8 Å². The summed E-state index contributed by atoms with van der Waals surface area (Å²) in [6.45, 7) is 0.786. The van der Waals surface area contributed by atoms with E-state index in [1.807, 2.05) is 12.2 Å². The molecule has 3 amide bonds. The summed E-state index contributed by atoms with van der Waals surface area (Å²) in [6, 6.07) is 5.64. The third kappa shape index (κ3) is 2.75. The molecule has 3 aliphatic rings. The molecule has 1 aromatic carbocycles. The van der Waals surface area contributed by atoms with Gasteiger partial charge in [0, 0.05) is 13.1 Å². The van der Waals surface area contributed by atoms with Crippen LogP contribution >= 0.6 is 0 Å². The number of halogens is 1. The van der Waals surface area contributed by atoms with Gasteiger partial charge in [-0.15, -0.1) is 0 Å². The third-order valence-electron chi connectivity index (χ3n) is 5.39. The number of allylic oxidation sites excluding steroid dienone is 2. The van der Waals surface area contributed by atoms with Crippen molar-refractivity contribution in [1.82, 2.24) is 9.80 Å². The molecule has 0 saturated carbocycles. The van der Waals surface area contributed by atoms with E-state index in [-0.39, 0.29) is 47.8 Å². The molecule has 4 rings (SSSR count). The minimum atomic E-state index is -0.331. The third-order valence-corrected chi connectivity index (χ3v) is 5.39. The van der Waals surface area contributed by atoms with Crippen LogP contribution < -0.4 is 0 Å². The maximum Gasteiger partial charge on any atom is 0.233 e. The van der Waals surface area contributed by atoms with E-state index in [0.29, 0.717) is 25.9 Å². The normalized spacial score (nSPS) is 26.0. The Bertz CT molecular complexity index is 726. The van der Waals surface area contributed by atoms with Gasteiger partial charge in [-0.3, -0.25) is 19.3 Å². The number of benzene rings is 1. The van der Waals surface area contributed by atoms with Crippen molar-refractivity contribution in [2.45, 2.75) is 25.3 Å². The predicted molar refractivity (Wildman–Crippen MR) is 87.7 cm³/mol. The van der Waals surface area contributed by atoms with Gasteiger partial charge in [0.25, 0.3) is 0 Å². The van der Waals surface area contributed by atoms with Crippen molar-refractivity contribution in [3.63, 3.8) is 0 Å². The molecule has 6 heteroatoms. The summed E-state index contributed by atoms with van der Waals surface area (Å²) in [5, 5.41) is 0. The van der Waals surface area contributed by atoms with E-state index >= 15 is 0 Å². The zero-order valence-electron chi connectivity index (χ0n) is 13.7. The van der Waals surface area contributed by atoms with Crippen molar-refractivity contribution < 1.29 is 18.8 Å². The molecule has 0 radical (unpaired) electrons. The zero-order chi connectivity index (χ0) is 17.6. The highest BCUT2D eigenvalue weighted by Gasteiger charge is 2.52. The van der Waals surface area contributed by atoms with Gasteiger partial charge in [0.15, 0.2) is 0 Å². The molecule has 25 heavy (non-hydrogen) atoms. The minimum Gasteiger partial charge on any atom is -0.338 e. The summed E-state index contributed by atoms with van der Waals surface area (Å²) in [7, 11) is 0. The number of hydrogen-bond donors (Lipinski definition) is 0. The van der Waals surface area contributed by atoms with Crippen LogP contribution in [0.3, 0.4) is 0 Å². The van der Waals surface area contributed by atoms with E-state index in [1.165, 1.54) is 17.0 Å². The van der Waals surface area contributed by atoms with Crippen molar-refractivity contribution in [3.8, 4) is 0 Å². The van der Waals surface area contributed by atoms with Crippen LogP contribution in [0.4, 0.5) is 4.39 Å². The van der Waals surface area contributed by atoms with Crippen LogP contribution in [0.15, 0.2) is 36.4 Å². The molecule has 0 N–H and O–H groups in total. The van der Waals surface area contributed by atoms with Crippen molar-refractivity contribution in [2.24, 2.45) is 11.8 Å². The number of imide groups is 1. The Morgan fingerprint density at radius 3 is 2.12 bits per heavy atom. The average Bonchev–Trinajstić information content (AvgIpc) is 2.81. The van der Waals surface area contributed by atoms with Crippen molar-refractivity contribution in [3.05, 3.63) is 47.8 Å². The van der Waals surface area contributed by atoms with Crippen LogP contribution in [0.25, 0.3) is 0 Å². The zero-order valence-corrected chi connectivity index (χ0v) is 13.7. The lowest BCUT2D eigenvalue weighted by molar-refractivity contribution is -0.152. The highest BCUT2D eigenvalue weighted by atomic mass is 19.1. The molecule has 0 unspecified atom stereocenters. The number of carbonyl (C=O) groups excluding carboxylic acids is 3. The topological polar surface area (TPSA) is 57.7 Å². The summed E-state index contributed by atoms with van der Waals surface area (Å²) in [5.41, 5.74) is 0.750. The Morgan fingerprint density at radius 2 is 1.56 bits per heavy atom. The SMILES string of the molecule is O=C(Cc1ccc(F)cc1)N1CC(N2C(=O)[C@@H]3CC=CC[C@H]3C2=O)C1. The van der Waals surface area contributed by atoms with Gasteiger partial charge in [-0.25, -0.2) is 4.39 Å². The fourth-order valence-electron chi connectivity index (χ4n) is 3.90. The van der Waals surface area contributed by atoms with Crippen molar-refractivity contribution in [2.75, 3.05) is 13.1 Å². The molecule has 2 heterocycles. The van der Waals surface area contributed by atoms with Crippen LogP contribution in [0, 0.1) is 17.7 Å². The molecule has 1 aliphatic carbocycles. The van der Waals surface area contributed by atoms with Gasteiger partial charge in [0.2, 0.25) is 17.7 Å². The fraction of sp³-hybridized carbons (Fsp3) is 0.421. The smallest absolute Gasteiger partial charge is 0.233 e. The second-order valence-electron chi connectivity index (χ2n) is 6.96. The highest BCUT2D eigenvalue weighted by molar-refractivity contribution is 6.06. The first kappa shape index (κ1) is 16.0. The number of carbonyl (C=O) groups is 3. The molecule has 2 fully saturated rings. The molecular formula is C19H19FN2O3. The largest absolute Gasteiger partial charge is 0.338 e. The summed E-state index contributed by atoms with van der Waals surface area (Å²) >= 11 is 0. The Morgan fingerprint density at radius 1 is 1.00 bits per heavy atom. The molecule has 130 valence electrons. The average molecular weight is 342 g/mol. The number of nitrogens with zero attached hydrogens (tertiary/aromatic N) is 2. The molecule has 0 spiro atoms. The second-order valence-corrected chi connectivity index (χ2v) is 6.96. The fourth-order valence-corrected chi connectivity index (χ4v) is 3.90. The number of rotatable bonds is 3. The first-order chi connectivity index (χ1) is 12.0. The Hall–Kier alpha value is -2.50. The minimum absolute atomic E-state index is 0.0685. The Kier molecular flexibility index (Phi) is 3.90. The van der Waals surface area contributed by atoms with Gasteiger partial charge < -0.3 is 4.90 Å². The van der Waals surface area contributed by atoms with Gasteiger partial charge in [0.1, 0.15) is 5.82 Å². The van der Waals surface area contributed by atoms with Gasteiger partial charge in [-0.05, 0) is 30.5 Å². The molecular weight excluding hydrogens is 323 g/mol. The van der Waals surface area contributed by atoms with Crippen molar-refractivity contribution in [1.29, 1.82) is 0 Å². The van der Waals surface area contributed by atoms with E-state index in [2.05, 4.69) is 0 Å². The molecule has 1 aromatic rings. The summed E-state index contributed by atoms with van der Waals surface area (Å²) in [6.07, 6.45) is 5.39. The highest BCUT2D eigenvalue weighted by Crippen LogP contribution is 2.37. The first-order valence-electron chi connectivity index (χ1n) is 8.58. The molecule has 0 bridgehead atoms. The summed E-state index contributed by atoms with van der Waals surface area (Å²) < 4.78 is 12.9. The van der Waals surface area contributed by atoms with E-state index in [9.17, 15) is 18.8 Å². The number of fused-ring (bicyclic) bond motifs is 1. The van der Waals surface area contributed by atoms with Gasteiger partial charge in [0.05, 0.1) is 24.3 Å². The molecule has 2 aliphatic heterocycles. The molecule has 0 aromatic heterocycles. The molecule has 5 nitrogen and oxygen atoms in total. The summed E-state index contributed by atoms with van der Waals surface area (Å²) in [4.78, 5) is 40.4. The van der Waals surface area contributed by atoms with Crippen LogP contribution in [0.1, 0.15) is 18.4 Å². The number of hydrogen-bond acceptors (Lipinski definition) is 3. The van der Waals surface area contributed by atoms with Crippen molar-refractivity contribution >= 4 is 17.7 Å². The quantitative estimate of drug-likeness (QED) is 0.618. The standard InChI is InChI=1S/C19H19FN2O3/c20-13-7-5-12(6-8-13)9-17(23)21-10-14(11-21)22-18(24)15-3-1-2-4-16(15)19(22)25/h1-2,5-8,14-16H,3-4,9-11H2/t15-,16-/m1/s1. The number of amides is 3. The van der Waals surface area contributed by atoms with Gasteiger partial charge in [-0.1, -0.05) is 24.3 Å². The maximum absolute atomic E-state index is 12.9. The monoisotopic (exact) mass is 342 g/mol. The predicted octanol–water partition coefficient (Wildman–Crippen LogP) is 1.53. The lowest BCUT2D eigenvalue weighted by Crippen LogP contribution is -2.62. The van der Waals surface area contributed by atoms with E-state index in [1.54, 1.807) is 17.0 Å². The van der Waals surface area contributed by atoms with E-state index < -0.39 is 0 Å². The first-order valence-corrected chi connectivity index (χ1v) is 8.58. The lowest BCUT2D eigenvalue weighted by Gasteiger charge is -2.43. The molecule has 2 saturated heterocycles. The van der Waals surface area contributed by atoms with Crippen LogP contribution in [-0.4, -0.2) is 46.7 Å². The maximum atomic E-state index is 12.9. The van der Waals surface area contributed by atoms with Gasteiger partial charge >= 0.3 is 0 Å². The molecule has 2 atom stereocenters. The Balaban J connectivity index is 1.35. The van der Waals surface area contributed by atoms with Crippen LogP contribution in [0.5, 0.6) is 0 Å².